The van der Waals surface area contributed by atoms with E-state index in [1.807, 2.05) is 12.1 Å². The standard InChI is InChI=1S/C31H32F2N4O4S/c1-20-30(23-5-3-4-6-28(23)42(2,38)39)35-26-18-21(32)17-24(33)29(26)31(20)34-25-19-22(36-9-13-40-14-10-36)7-8-27(25)37-11-15-41-16-12-37/h3-8,17-19H,9-16H2,1-2H3,(H,34,35). The molecule has 3 heterocycles. The van der Waals surface area contributed by atoms with Crippen molar-refractivity contribution in [3.63, 3.8) is 0 Å². The van der Waals surface area contributed by atoms with Gasteiger partial charge in [0.15, 0.2) is 9.84 Å². The van der Waals surface area contributed by atoms with Crippen LogP contribution in [0.15, 0.2) is 59.5 Å². The Hall–Kier alpha value is -3.80. The second kappa shape index (κ2) is 11.5. The summed E-state index contributed by atoms with van der Waals surface area (Å²) >= 11 is 0. The van der Waals surface area contributed by atoms with Gasteiger partial charge >= 0.3 is 0 Å². The first kappa shape index (κ1) is 28.3. The SMILES string of the molecule is Cc1c(-c2ccccc2S(C)(=O)=O)nc2cc(F)cc(F)c2c1Nc1cc(N2CCOCC2)ccc1N1CCOCC1. The molecule has 2 aliphatic rings. The molecule has 4 aromatic rings. The normalized spacial score (nSPS) is 16.2. The van der Waals surface area contributed by atoms with Crippen molar-refractivity contribution < 1.29 is 26.7 Å². The van der Waals surface area contributed by atoms with Crippen molar-refractivity contribution in [1.29, 1.82) is 0 Å². The minimum atomic E-state index is -3.62. The monoisotopic (exact) mass is 594 g/mol. The Kier molecular flexibility index (Phi) is 7.73. The number of ether oxygens (including phenoxy) is 2. The second-order valence-electron chi connectivity index (χ2n) is 10.5. The summed E-state index contributed by atoms with van der Waals surface area (Å²) in [5, 5.41) is 3.62. The summed E-state index contributed by atoms with van der Waals surface area (Å²) in [6.45, 7) is 7.06. The van der Waals surface area contributed by atoms with E-state index < -0.39 is 21.5 Å². The number of nitrogens with zero attached hydrogens (tertiary/aromatic N) is 3. The van der Waals surface area contributed by atoms with Crippen LogP contribution >= 0.6 is 0 Å². The van der Waals surface area contributed by atoms with Gasteiger partial charge in [-0.15, -0.1) is 0 Å². The molecule has 220 valence electrons. The molecule has 6 rings (SSSR count). The van der Waals surface area contributed by atoms with Gasteiger partial charge in [0.25, 0.3) is 0 Å². The predicted molar refractivity (Wildman–Crippen MR) is 161 cm³/mol. The Morgan fingerprint density at radius 1 is 0.881 bits per heavy atom. The van der Waals surface area contributed by atoms with Gasteiger partial charge in [-0.2, -0.15) is 0 Å². The molecule has 0 aliphatic carbocycles. The minimum Gasteiger partial charge on any atom is -0.378 e. The van der Waals surface area contributed by atoms with Crippen molar-refractivity contribution in [3.8, 4) is 11.3 Å². The maximum Gasteiger partial charge on any atom is 0.176 e. The maximum absolute atomic E-state index is 15.6. The van der Waals surface area contributed by atoms with Gasteiger partial charge in [-0.05, 0) is 36.8 Å². The van der Waals surface area contributed by atoms with Crippen molar-refractivity contribution in [2.75, 3.05) is 74.0 Å². The van der Waals surface area contributed by atoms with Gasteiger partial charge in [-0.1, -0.05) is 18.2 Å². The number of aromatic nitrogens is 1. The molecule has 0 radical (unpaired) electrons. The van der Waals surface area contributed by atoms with Crippen LogP contribution in [-0.2, 0) is 19.3 Å². The third-order valence-corrected chi connectivity index (χ3v) is 8.91. The summed E-state index contributed by atoms with van der Waals surface area (Å²) in [4.78, 5) is 9.15. The van der Waals surface area contributed by atoms with E-state index in [0.717, 1.165) is 42.5 Å². The van der Waals surface area contributed by atoms with Gasteiger partial charge in [0, 0.05) is 55.8 Å². The van der Waals surface area contributed by atoms with Crippen molar-refractivity contribution in [3.05, 3.63) is 71.8 Å². The van der Waals surface area contributed by atoms with Crippen LogP contribution in [0.1, 0.15) is 5.56 Å². The number of pyridine rings is 1. The van der Waals surface area contributed by atoms with E-state index >= 15 is 4.39 Å². The molecule has 1 N–H and O–H groups in total. The van der Waals surface area contributed by atoms with Crippen LogP contribution < -0.4 is 15.1 Å². The quantitative estimate of drug-likeness (QED) is 0.322. The van der Waals surface area contributed by atoms with Crippen LogP contribution in [0.3, 0.4) is 0 Å². The smallest absolute Gasteiger partial charge is 0.176 e. The summed E-state index contributed by atoms with van der Waals surface area (Å²) in [6, 6.07) is 14.7. The largest absolute Gasteiger partial charge is 0.378 e. The first-order chi connectivity index (χ1) is 20.2. The lowest BCUT2D eigenvalue weighted by Gasteiger charge is -2.33. The van der Waals surface area contributed by atoms with Gasteiger partial charge in [0.05, 0.1) is 65.0 Å². The fourth-order valence-corrected chi connectivity index (χ4v) is 6.56. The zero-order valence-corrected chi connectivity index (χ0v) is 24.3. The Morgan fingerprint density at radius 3 is 2.24 bits per heavy atom. The molecule has 2 saturated heterocycles. The highest BCUT2D eigenvalue weighted by Crippen LogP contribution is 2.41. The van der Waals surface area contributed by atoms with Crippen LogP contribution in [0.25, 0.3) is 22.2 Å². The van der Waals surface area contributed by atoms with Gasteiger partial charge in [0.2, 0.25) is 0 Å². The zero-order valence-electron chi connectivity index (χ0n) is 23.5. The molecule has 0 amide bonds. The van der Waals surface area contributed by atoms with E-state index in [9.17, 15) is 12.8 Å². The van der Waals surface area contributed by atoms with Gasteiger partial charge in [-0.25, -0.2) is 22.2 Å². The highest BCUT2D eigenvalue weighted by atomic mass is 32.2. The maximum atomic E-state index is 15.6. The minimum absolute atomic E-state index is 0.0798. The molecule has 42 heavy (non-hydrogen) atoms. The highest BCUT2D eigenvalue weighted by molar-refractivity contribution is 7.90. The fraction of sp³-hybridized carbons (Fsp3) is 0.323. The molecule has 3 aromatic carbocycles. The number of hydrogen-bond acceptors (Lipinski definition) is 8. The lowest BCUT2D eigenvalue weighted by molar-refractivity contribution is 0.122. The second-order valence-corrected chi connectivity index (χ2v) is 12.5. The molecular formula is C31H32F2N4O4S. The molecule has 11 heteroatoms. The number of nitrogens with one attached hydrogen (secondary N) is 1. The molecular weight excluding hydrogens is 562 g/mol. The lowest BCUT2D eigenvalue weighted by atomic mass is 10.0. The van der Waals surface area contributed by atoms with E-state index in [1.54, 1.807) is 25.1 Å². The average molecular weight is 595 g/mol. The Bertz CT molecular complexity index is 1750. The third kappa shape index (κ3) is 5.51. The van der Waals surface area contributed by atoms with Gasteiger partial charge in [0.1, 0.15) is 11.6 Å². The van der Waals surface area contributed by atoms with Gasteiger partial charge in [-0.3, -0.25) is 0 Å². The summed E-state index contributed by atoms with van der Waals surface area (Å²) in [5.41, 5.74) is 4.34. The number of anilines is 4. The zero-order chi connectivity index (χ0) is 29.4. The van der Waals surface area contributed by atoms with E-state index in [2.05, 4.69) is 26.2 Å². The fourth-order valence-electron chi connectivity index (χ4n) is 5.67. The number of fused-ring (bicyclic) bond motifs is 1. The van der Waals surface area contributed by atoms with E-state index in [4.69, 9.17) is 9.47 Å². The topological polar surface area (TPSA) is 84.0 Å². The Balaban J connectivity index is 1.57. The molecule has 8 nitrogen and oxygen atoms in total. The number of morpholine rings is 2. The van der Waals surface area contributed by atoms with Crippen LogP contribution in [0.4, 0.5) is 31.5 Å². The molecule has 0 unspecified atom stereocenters. The lowest BCUT2D eigenvalue weighted by Crippen LogP contribution is -2.37. The number of benzene rings is 3. The molecule has 0 saturated carbocycles. The summed E-state index contributed by atoms with van der Waals surface area (Å²) in [5.74, 6) is -1.53. The van der Waals surface area contributed by atoms with E-state index in [0.29, 0.717) is 62.0 Å². The summed E-state index contributed by atoms with van der Waals surface area (Å²) in [6.07, 6.45) is 1.13. The van der Waals surface area contributed by atoms with Crippen molar-refractivity contribution in [2.24, 2.45) is 0 Å². The first-order valence-corrected chi connectivity index (χ1v) is 15.7. The Labute approximate surface area is 243 Å². The van der Waals surface area contributed by atoms with Crippen molar-refractivity contribution in [2.45, 2.75) is 11.8 Å². The molecule has 2 aliphatic heterocycles. The summed E-state index contributed by atoms with van der Waals surface area (Å²) in [7, 11) is -3.62. The molecule has 2 fully saturated rings. The van der Waals surface area contributed by atoms with Crippen molar-refractivity contribution >= 4 is 43.5 Å². The van der Waals surface area contributed by atoms with E-state index in [1.165, 1.54) is 12.1 Å². The third-order valence-electron chi connectivity index (χ3n) is 7.76. The van der Waals surface area contributed by atoms with Crippen LogP contribution in [-0.4, -0.2) is 72.3 Å². The molecule has 1 aromatic heterocycles. The van der Waals surface area contributed by atoms with Gasteiger partial charge < -0.3 is 24.6 Å². The molecule has 0 atom stereocenters. The Morgan fingerprint density at radius 2 is 1.55 bits per heavy atom. The highest BCUT2D eigenvalue weighted by Gasteiger charge is 2.24. The van der Waals surface area contributed by atoms with Crippen LogP contribution in [0.2, 0.25) is 0 Å². The van der Waals surface area contributed by atoms with E-state index in [-0.39, 0.29) is 15.8 Å². The van der Waals surface area contributed by atoms with Crippen molar-refractivity contribution in [1.82, 2.24) is 4.98 Å². The first-order valence-electron chi connectivity index (χ1n) is 13.9. The van der Waals surface area contributed by atoms with Crippen LogP contribution in [0, 0.1) is 18.6 Å². The number of sulfone groups is 1. The number of hydrogen-bond donors (Lipinski definition) is 1. The average Bonchev–Trinajstić information content (AvgIpc) is 2.98. The van der Waals surface area contributed by atoms with Crippen LogP contribution in [0.5, 0.6) is 0 Å². The molecule has 0 bridgehead atoms. The predicted octanol–water partition coefficient (Wildman–Crippen LogP) is 5.31. The number of rotatable bonds is 6. The summed E-state index contributed by atoms with van der Waals surface area (Å²) < 4.78 is 66.6. The number of halogens is 2. The molecule has 0 spiro atoms.